The van der Waals surface area contributed by atoms with Crippen LogP contribution in [0.5, 0.6) is 11.5 Å². The molecular formula is C17H16N2O3S. The molecule has 118 valence electrons. The minimum Gasteiger partial charge on any atom is -0.493 e. The zero-order valence-electron chi connectivity index (χ0n) is 12.6. The zero-order chi connectivity index (χ0) is 15.9. The molecule has 0 N–H and O–H groups in total. The topological polar surface area (TPSA) is 57.4 Å². The van der Waals surface area contributed by atoms with Crippen LogP contribution in [-0.4, -0.2) is 17.3 Å². The molecule has 5 nitrogen and oxygen atoms in total. The standard InChI is InChI=1S/C17H16N2O3S/c1-20-14-9-5-6-10-15(14)21-11-16-18-19-17(22-16)23-12-13-7-3-2-4-8-13/h2-10H,11-12H2,1H3. The van der Waals surface area contributed by atoms with Crippen LogP contribution in [0, 0.1) is 0 Å². The van der Waals surface area contributed by atoms with Crippen LogP contribution >= 0.6 is 11.8 Å². The Morgan fingerprint density at radius 1 is 0.957 bits per heavy atom. The normalized spacial score (nSPS) is 10.5. The van der Waals surface area contributed by atoms with Crippen molar-refractivity contribution in [2.45, 2.75) is 17.6 Å². The van der Waals surface area contributed by atoms with Gasteiger partial charge in [-0.05, 0) is 17.7 Å². The van der Waals surface area contributed by atoms with Gasteiger partial charge in [-0.15, -0.1) is 10.2 Å². The minimum absolute atomic E-state index is 0.208. The summed E-state index contributed by atoms with van der Waals surface area (Å²) in [5.74, 6) is 2.54. The van der Waals surface area contributed by atoms with E-state index in [-0.39, 0.29) is 6.61 Å². The van der Waals surface area contributed by atoms with E-state index < -0.39 is 0 Å². The largest absolute Gasteiger partial charge is 0.493 e. The van der Waals surface area contributed by atoms with Crippen LogP contribution in [0.4, 0.5) is 0 Å². The molecule has 0 aliphatic carbocycles. The van der Waals surface area contributed by atoms with Crippen molar-refractivity contribution in [3.05, 3.63) is 66.1 Å². The lowest BCUT2D eigenvalue weighted by atomic mass is 10.2. The second-order valence-corrected chi connectivity index (χ2v) is 5.60. The van der Waals surface area contributed by atoms with Crippen LogP contribution in [0.3, 0.4) is 0 Å². The van der Waals surface area contributed by atoms with Gasteiger partial charge in [0.05, 0.1) is 7.11 Å². The van der Waals surface area contributed by atoms with Crippen LogP contribution in [0.15, 0.2) is 64.2 Å². The Bertz CT molecular complexity index is 746. The van der Waals surface area contributed by atoms with Crippen LogP contribution in [0.2, 0.25) is 0 Å². The van der Waals surface area contributed by atoms with Crippen LogP contribution in [0.1, 0.15) is 11.5 Å². The number of hydrogen-bond acceptors (Lipinski definition) is 6. The third-order valence-electron chi connectivity index (χ3n) is 3.07. The van der Waals surface area contributed by atoms with Gasteiger partial charge < -0.3 is 13.9 Å². The van der Waals surface area contributed by atoms with E-state index in [2.05, 4.69) is 22.3 Å². The molecule has 1 heterocycles. The van der Waals surface area contributed by atoms with Crippen molar-refractivity contribution in [3.63, 3.8) is 0 Å². The summed E-state index contributed by atoms with van der Waals surface area (Å²) in [5.41, 5.74) is 1.21. The Morgan fingerprint density at radius 3 is 2.48 bits per heavy atom. The van der Waals surface area contributed by atoms with E-state index in [0.29, 0.717) is 22.6 Å². The summed E-state index contributed by atoms with van der Waals surface area (Å²) in [6.45, 7) is 0.208. The Labute approximate surface area is 138 Å². The molecule has 0 atom stereocenters. The monoisotopic (exact) mass is 328 g/mol. The van der Waals surface area contributed by atoms with E-state index >= 15 is 0 Å². The molecular weight excluding hydrogens is 312 g/mol. The lowest BCUT2D eigenvalue weighted by Crippen LogP contribution is -1.97. The highest BCUT2D eigenvalue weighted by Crippen LogP contribution is 2.27. The summed E-state index contributed by atoms with van der Waals surface area (Å²) in [5, 5.41) is 8.55. The maximum atomic E-state index is 5.66. The van der Waals surface area contributed by atoms with Gasteiger partial charge >= 0.3 is 0 Å². The molecule has 0 unspecified atom stereocenters. The number of thioether (sulfide) groups is 1. The number of rotatable bonds is 7. The number of ether oxygens (including phenoxy) is 2. The van der Waals surface area contributed by atoms with Crippen molar-refractivity contribution in [1.29, 1.82) is 0 Å². The quantitative estimate of drug-likeness (QED) is 0.612. The maximum Gasteiger partial charge on any atom is 0.277 e. The molecule has 6 heteroatoms. The van der Waals surface area contributed by atoms with Gasteiger partial charge in [-0.3, -0.25) is 0 Å². The summed E-state index contributed by atoms with van der Waals surface area (Å²) in [7, 11) is 1.60. The molecule has 0 amide bonds. The third-order valence-corrected chi connectivity index (χ3v) is 3.96. The molecule has 0 bridgehead atoms. The number of hydrogen-bond donors (Lipinski definition) is 0. The molecule has 2 aromatic carbocycles. The van der Waals surface area contributed by atoms with Gasteiger partial charge in [-0.1, -0.05) is 54.2 Å². The molecule has 23 heavy (non-hydrogen) atoms. The van der Waals surface area contributed by atoms with E-state index in [1.165, 1.54) is 17.3 Å². The van der Waals surface area contributed by atoms with Crippen molar-refractivity contribution >= 4 is 11.8 Å². The van der Waals surface area contributed by atoms with Crippen molar-refractivity contribution in [1.82, 2.24) is 10.2 Å². The van der Waals surface area contributed by atoms with Crippen molar-refractivity contribution in [2.75, 3.05) is 7.11 Å². The fraction of sp³-hybridized carbons (Fsp3) is 0.176. The summed E-state index contributed by atoms with van der Waals surface area (Å²) in [6.07, 6.45) is 0. The lowest BCUT2D eigenvalue weighted by molar-refractivity contribution is 0.241. The van der Waals surface area contributed by atoms with Crippen molar-refractivity contribution in [3.8, 4) is 11.5 Å². The molecule has 3 rings (SSSR count). The minimum atomic E-state index is 0.208. The second kappa shape index (κ2) is 7.69. The van der Waals surface area contributed by atoms with Gasteiger partial charge in [0.1, 0.15) is 0 Å². The molecule has 0 aliphatic heterocycles. The predicted octanol–water partition coefficient (Wildman–Crippen LogP) is 3.95. The van der Waals surface area contributed by atoms with E-state index in [0.717, 1.165) is 5.75 Å². The fourth-order valence-electron chi connectivity index (χ4n) is 1.95. The fourth-order valence-corrected chi connectivity index (χ4v) is 2.69. The average molecular weight is 328 g/mol. The molecule has 0 aliphatic rings. The molecule has 0 saturated carbocycles. The molecule has 0 spiro atoms. The third kappa shape index (κ3) is 4.26. The number of nitrogens with zero attached hydrogens (tertiary/aromatic N) is 2. The van der Waals surface area contributed by atoms with Gasteiger partial charge in [0, 0.05) is 5.75 Å². The van der Waals surface area contributed by atoms with Crippen molar-refractivity contribution in [2.24, 2.45) is 0 Å². The van der Waals surface area contributed by atoms with Crippen LogP contribution in [-0.2, 0) is 12.4 Å². The van der Waals surface area contributed by atoms with E-state index in [9.17, 15) is 0 Å². The first-order valence-corrected chi connectivity index (χ1v) is 8.08. The molecule has 0 saturated heterocycles. The van der Waals surface area contributed by atoms with Gasteiger partial charge in [0.2, 0.25) is 0 Å². The van der Waals surface area contributed by atoms with Crippen molar-refractivity contribution < 1.29 is 13.9 Å². The Balaban J connectivity index is 1.55. The molecule has 1 aromatic heterocycles. The highest BCUT2D eigenvalue weighted by Gasteiger charge is 2.09. The van der Waals surface area contributed by atoms with Gasteiger partial charge in [-0.2, -0.15) is 0 Å². The predicted molar refractivity (Wildman–Crippen MR) is 87.6 cm³/mol. The highest BCUT2D eigenvalue weighted by molar-refractivity contribution is 7.98. The number of methoxy groups -OCH3 is 1. The molecule has 3 aromatic rings. The number of aromatic nitrogens is 2. The Kier molecular flexibility index (Phi) is 5.16. The zero-order valence-corrected chi connectivity index (χ0v) is 13.5. The first-order chi connectivity index (χ1) is 11.3. The average Bonchev–Trinajstić information content (AvgIpc) is 3.07. The summed E-state index contributed by atoms with van der Waals surface area (Å²) in [6, 6.07) is 17.6. The Hall–Kier alpha value is -2.47. The molecule has 0 fully saturated rings. The van der Waals surface area contributed by atoms with Gasteiger partial charge in [-0.25, -0.2) is 0 Å². The van der Waals surface area contributed by atoms with Gasteiger partial charge in [0.15, 0.2) is 18.1 Å². The highest BCUT2D eigenvalue weighted by atomic mass is 32.2. The van der Waals surface area contributed by atoms with E-state index in [1.54, 1.807) is 7.11 Å². The van der Waals surface area contributed by atoms with Crippen LogP contribution in [0.25, 0.3) is 0 Å². The molecule has 0 radical (unpaired) electrons. The SMILES string of the molecule is COc1ccccc1OCc1nnc(SCc2ccccc2)o1. The first-order valence-electron chi connectivity index (χ1n) is 7.10. The van der Waals surface area contributed by atoms with Crippen LogP contribution < -0.4 is 9.47 Å². The van der Waals surface area contributed by atoms with E-state index in [1.807, 2.05) is 42.5 Å². The second-order valence-electron chi connectivity index (χ2n) is 4.68. The smallest absolute Gasteiger partial charge is 0.277 e. The number of benzene rings is 2. The lowest BCUT2D eigenvalue weighted by Gasteiger charge is -2.07. The van der Waals surface area contributed by atoms with Gasteiger partial charge in [0.25, 0.3) is 11.1 Å². The Morgan fingerprint density at radius 2 is 1.70 bits per heavy atom. The summed E-state index contributed by atoms with van der Waals surface area (Å²) >= 11 is 1.50. The summed E-state index contributed by atoms with van der Waals surface area (Å²) in [4.78, 5) is 0. The van der Waals surface area contributed by atoms with E-state index in [4.69, 9.17) is 13.9 Å². The number of para-hydroxylation sites is 2. The summed E-state index contributed by atoms with van der Waals surface area (Å²) < 4.78 is 16.5. The first kappa shape index (κ1) is 15.4. The maximum absolute atomic E-state index is 5.66.